The molecule has 1 rings (SSSR count). The number of amides is 1. The van der Waals surface area contributed by atoms with Crippen molar-refractivity contribution in [3.05, 3.63) is 29.3 Å². The van der Waals surface area contributed by atoms with Crippen molar-refractivity contribution in [2.45, 2.75) is 17.9 Å². The zero-order chi connectivity index (χ0) is 14.6. The maximum atomic E-state index is 11.9. The van der Waals surface area contributed by atoms with E-state index in [1.54, 1.807) is 6.92 Å². The van der Waals surface area contributed by atoms with Crippen LogP contribution in [0.25, 0.3) is 0 Å². The van der Waals surface area contributed by atoms with Gasteiger partial charge in [0, 0.05) is 6.54 Å². The van der Waals surface area contributed by atoms with Crippen LogP contribution in [-0.2, 0) is 14.8 Å². The number of hydrogen-bond donors (Lipinski definition) is 3. The Balaban J connectivity index is 2.96. The molecule has 4 N–H and O–H groups in total. The number of sulfonamides is 1. The summed E-state index contributed by atoms with van der Waals surface area (Å²) in [5.74, 6) is -1.01. The van der Waals surface area contributed by atoms with Crippen molar-refractivity contribution in [3.8, 4) is 6.07 Å². The monoisotopic (exact) mass is 283 g/mol. The van der Waals surface area contributed by atoms with Gasteiger partial charge in [-0.05, 0) is 30.7 Å². The highest BCUT2D eigenvalue weighted by atomic mass is 32.2. The Bertz CT molecular complexity index is 634. The van der Waals surface area contributed by atoms with E-state index in [9.17, 15) is 13.2 Å². The first kappa shape index (κ1) is 15.1. The fraction of sp³-hybridized carbons (Fsp3) is 0.273. The number of carbonyl (C=O) groups excluding carboxylic acids is 1. The van der Waals surface area contributed by atoms with E-state index in [4.69, 9.17) is 16.1 Å². The van der Waals surface area contributed by atoms with E-state index < -0.39 is 28.6 Å². The third kappa shape index (κ3) is 3.75. The lowest BCUT2D eigenvalue weighted by atomic mass is 10.2. The van der Waals surface area contributed by atoms with Crippen LogP contribution in [0.5, 0.6) is 0 Å². The van der Waals surface area contributed by atoms with Crippen LogP contribution < -0.4 is 10.5 Å². The number of aryl methyl sites for hydroxylation is 1. The fourth-order valence-electron chi connectivity index (χ4n) is 1.39. The summed E-state index contributed by atoms with van der Waals surface area (Å²) in [6, 6.07) is 5.98. The molecule has 0 aliphatic rings. The Hall–Kier alpha value is -1.95. The highest BCUT2D eigenvalue weighted by Gasteiger charge is 2.20. The van der Waals surface area contributed by atoms with Crippen LogP contribution in [0.2, 0.25) is 0 Å². The lowest BCUT2D eigenvalue weighted by molar-refractivity contribution is -0.125. The molecular weight excluding hydrogens is 270 g/mol. The SMILES string of the molecule is Cc1cc(C#N)ccc1S(=O)(=O)NCC(O)C(N)=O. The number of aliphatic hydroxyl groups excluding tert-OH is 1. The van der Waals surface area contributed by atoms with Gasteiger partial charge < -0.3 is 10.8 Å². The van der Waals surface area contributed by atoms with E-state index in [1.807, 2.05) is 6.07 Å². The van der Waals surface area contributed by atoms with Crippen molar-refractivity contribution in [2.24, 2.45) is 5.73 Å². The zero-order valence-electron chi connectivity index (χ0n) is 10.1. The predicted molar refractivity (Wildman–Crippen MR) is 66.3 cm³/mol. The van der Waals surface area contributed by atoms with Crippen LogP contribution in [0.4, 0.5) is 0 Å². The summed E-state index contributed by atoms with van der Waals surface area (Å²) in [5.41, 5.74) is 5.54. The molecule has 0 heterocycles. The number of primary amides is 1. The summed E-state index contributed by atoms with van der Waals surface area (Å²) in [6.45, 7) is 1.04. The van der Waals surface area contributed by atoms with E-state index in [0.717, 1.165) is 0 Å². The van der Waals surface area contributed by atoms with Crippen LogP contribution in [0, 0.1) is 18.3 Å². The molecule has 0 aliphatic carbocycles. The van der Waals surface area contributed by atoms with Crippen LogP contribution in [0.1, 0.15) is 11.1 Å². The number of nitrogens with zero attached hydrogens (tertiary/aromatic N) is 1. The van der Waals surface area contributed by atoms with Gasteiger partial charge in [-0.15, -0.1) is 0 Å². The molecule has 102 valence electrons. The molecule has 0 aliphatic heterocycles. The molecule has 1 amide bonds. The molecule has 0 saturated carbocycles. The number of nitrogens with two attached hydrogens (primary N) is 1. The number of benzene rings is 1. The average molecular weight is 283 g/mol. The summed E-state index contributed by atoms with van der Waals surface area (Å²) in [4.78, 5) is 10.6. The van der Waals surface area contributed by atoms with Gasteiger partial charge in [-0.25, -0.2) is 13.1 Å². The zero-order valence-corrected chi connectivity index (χ0v) is 10.9. The van der Waals surface area contributed by atoms with Crippen molar-refractivity contribution in [3.63, 3.8) is 0 Å². The number of nitriles is 1. The predicted octanol–water partition coefficient (Wildman–Crippen LogP) is -1.01. The molecule has 1 unspecified atom stereocenters. The summed E-state index contributed by atoms with van der Waals surface area (Å²) in [6.07, 6.45) is -1.59. The van der Waals surface area contributed by atoms with Gasteiger partial charge >= 0.3 is 0 Å². The minimum absolute atomic E-state index is 0.0248. The quantitative estimate of drug-likeness (QED) is 0.636. The molecule has 1 aromatic carbocycles. The first-order valence-electron chi connectivity index (χ1n) is 5.25. The second-order valence-corrected chi connectivity index (χ2v) is 5.60. The molecule has 0 bridgehead atoms. The molecule has 1 aromatic rings. The topological polar surface area (TPSA) is 133 Å². The van der Waals surface area contributed by atoms with Crippen LogP contribution >= 0.6 is 0 Å². The van der Waals surface area contributed by atoms with Crippen molar-refractivity contribution in [1.29, 1.82) is 5.26 Å². The molecule has 0 fully saturated rings. The molecule has 7 nitrogen and oxygen atoms in total. The van der Waals surface area contributed by atoms with Gasteiger partial charge in [-0.2, -0.15) is 5.26 Å². The van der Waals surface area contributed by atoms with Gasteiger partial charge in [0.2, 0.25) is 15.9 Å². The number of rotatable bonds is 5. The van der Waals surface area contributed by atoms with Crippen molar-refractivity contribution in [1.82, 2.24) is 4.72 Å². The lowest BCUT2D eigenvalue weighted by Crippen LogP contribution is -2.40. The van der Waals surface area contributed by atoms with Crippen molar-refractivity contribution >= 4 is 15.9 Å². The van der Waals surface area contributed by atoms with E-state index in [-0.39, 0.29) is 4.90 Å². The Morgan fingerprint density at radius 3 is 2.68 bits per heavy atom. The van der Waals surface area contributed by atoms with Gasteiger partial charge in [0.15, 0.2) is 0 Å². The second-order valence-electron chi connectivity index (χ2n) is 3.86. The minimum atomic E-state index is -3.87. The second kappa shape index (κ2) is 5.79. The number of aliphatic hydroxyl groups is 1. The van der Waals surface area contributed by atoms with E-state index in [0.29, 0.717) is 11.1 Å². The Kier molecular flexibility index (Phi) is 4.61. The number of nitrogens with one attached hydrogen (secondary N) is 1. The van der Waals surface area contributed by atoms with Crippen LogP contribution in [0.3, 0.4) is 0 Å². The van der Waals surface area contributed by atoms with Gasteiger partial charge in [0.05, 0.1) is 16.5 Å². The fourth-order valence-corrected chi connectivity index (χ4v) is 2.65. The maximum Gasteiger partial charge on any atom is 0.247 e. The first-order valence-corrected chi connectivity index (χ1v) is 6.74. The summed E-state index contributed by atoms with van der Waals surface area (Å²) < 4.78 is 25.9. The number of carbonyl (C=O) groups is 1. The summed E-state index contributed by atoms with van der Waals surface area (Å²) in [5, 5.41) is 17.8. The van der Waals surface area contributed by atoms with Crippen molar-refractivity contribution < 1.29 is 18.3 Å². The third-order valence-electron chi connectivity index (χ3n) is 2.39. The standard InChI is InChI=1S/C11H13N3O4S/c1-7-4-8(5-12)2-3-10(7)19(17,18)14-6-9(15)11(13)16/h2-4,9,14-15H,6H2,1H3,(H2,13,16). The van der Waals surface area contributed by atoms with E-state index in [2.05, 4.69) is 4.72 Å². The van der Waals surface area contributed by atoms with Crippen molar-refractivity contribution in [2.75, 3.05) is 6.54 Å². The Morgan fingerprint density at radius 1 is 1.58 bits per heavy atom. The van der Waals surface area contributed by atoms with Gasteiger partial charge in [0.1, 0.15) is 6.10 Å². The van der Waals surface area contributed by atoms with Gasteiger partial charge in [-0.3, -0.25) is 4.79 Å². The number of hydrogen-bond acceptors (Lipinski definition) is 5. The maximum absolute atomic E-state index is 11.9. The largest absolute Gasteiger partial charge is 0.382 e. The highest BCUT2D eigenvalue weighted by Crippen LogP contribution is 2.16. The summed E-state index contributed by atoms with van der Waals surface area (Å²) >= 11 is 0. The van der Waals surface area contributed by atoms with Gasteiger partial charge in [0.25, 0.3) is 0 Å². The molecule has 19 heavy (non-hydrogen) atoms. The molecule has 0 radical (unpaired) electrons. The van der Waals surface area contributed by atoms with Gasteiger partial charge in [-0.1, -0.05) is 0 Å². The van der Waals surface area contributed by atoms with Crippen LogP contribution in [0.15, 0.2) is 23.1 Å². The molecule has 8 heteroatoms. The normalized spacial score (nSPS) is 12.7. The molecule has 0 aromatic heterocycles. The molecule has 1 atom stereocenters. The van der Waals surface area contributed by atoms with Crippen LogP contribution in [-0.4, -0.2) is 32.1 Å². The molecule has 0 spiro atoms. The smallest absolute Gasteiger partial charge is 0.247 e. The van der Waals surface area contributed by atoms with E-state index >= 15 is 0 Å². The summed E-state index contributed by atoms with van der Waals surface area (Å²) in [7, 11) is -3.87. The lowest BCUT2D eigenvalue weighted by Gasteiger charge is -2.11. The van der Waals surface area contributed by atoms with E-state index in [1.165, 1.54) is 18.2 Å². The third-order valence-corrected chi connectivity index (χ3v) is 3.97. The minimum Gasteiger partial charge on any atom is -0.382 e. The average Bonchev–Trinajstić information content (AvgIpc) is 2.35. The highest BCUT2D eigenvalue weighted by molar-refractivity contribution is 7.89. The Morgan fingerprint density at radius 2 is 2.21 bits per heavy atom. The molecular formula is C11H13N3O4S. The first-order chi connectivity index (χ1) is 8.77. The molecule has 0 saturated heterocycles. The Labute approximate surface area is 110 Å².